The summed E-state index contributed by atoms with van der Waals surface area (Å²) >= 11 is 0. The third kappa shape index (κ3) is 2.88. The fourth-order valence-corrected chi connectivity index (χ4v) is 3.35. The normalized spacial score (nSPS) is 15.4. The molecule has 0 amide bonds. The van der Waals surface area contributed by atoms with Gasteiger partial charge in [0.25, 0.3) is 0 Å². The molecule has 10 heteroatoms. The summed E-state index contributed by atoms with van der Waals surface area (Å²) in [7, 11) is 0. The molecule has 0 saturated carbocycles. The molecule has 29 heavy (non-hydrogen) atoms. The zero-order valence-electron chi connectivity index (χ0n) is 14.5. The molecule has 0 bridgehead atoms. The minimum atomic E-state index is -1.19. The Bertz CT molecular complexity index is 1240. The smallest absolute Gasteiger partial charge is 0.258 e. The first kappa shape index (κ1) is 17.9. The Morgan fingerprint density at radius 1 is 0.793 bits per heavy atom. The van der Waals surface area contributed by atoms with E-state index in [1.165, 1.54) is 0 Å². The Kier molecular flexibility index (Phi) is 4.08. The lowest BCUT2D eigenvalue weighted by Crippen LogP contribution is -2.04. The summed E-state index contributed by atoms with van der Waals surface area (Å²) in [6.07, 6.45) is 7.09. The predicted octanol–water partition coefficient (Wildman–Crippen LogP) is 4.53. The van der Waals surface area contributed by atoms with E-state index in [0.717, 1.165) is 28.8 Å². The van der Waals surface area contributed by atoms with Gasteiger partial charge in [-0.2, -0.15) is 0 Å². The van der Waals surface area contributed by atoms with Crippen LogP contribution in [-0.2, 0) is 0 Å². The number of allylic oxidation sites excluding steroid dienone is 5. The van der Waals surface area contributed by atoms with Crippen molar-refractivity contribution in [2.24, 2.45) is 4.99 Å². The summed E-state index contributed by atoms with van der Waals surface area (Å²) in [5, 5.41) is 34.0. The van der Waals surface area contributed by atoms with Crippen LogP contribution < -0.4 is 0 Å². The number of benzene rings is 2. The van der Waals surface area contributed by atoms with E-state index in [2.05, 4.69) is 4.99 Å². The second-order valence-electron chi connectivity index (χ2n) is 6.15. The van der Waals surface area contributed by atoms with Crippen LogP contribution in [0.2, 0.25) is 0 Å². The van der Waals surface area contributed by atoms with E-state index >= 15 is 0 Å². The number of aliphatic imine (C=N–C) groups is 1. The first-order valence-corrected chi connectivity index (χ1v) is 8.27. The van der Waals surface area contributed by atoms with E-state index in [-0.39, 0.29) is 5.69 Å². The molecule has 0 heterocycles. The Hall–Kier alpha value is -4.47. The third-order valence-corrected chi connectivity index (χ3v) is 4.55. The molecule has 0 atom stereocenters. The van der Waals surface area contributed by atoms with Crippen molar-refractivity contribution in [3.8, 4) is 0 Å². The fraction of sp³-hybridized carbons (Fsp3) is 0. The van der Waals surface area contributed by atoms with Crippen molar-refractivity contribution in [1.29, 1.82) is 0 Å². The minimum absolute atomic E-state index is 0.329. The molecule has 0 aliphatic heterocycles. The summed E-state index contributed by atoms with van der Waals surface area (Å²) in [5.41, 5.74) is 0.384. The van der Waals surface area contributed by atoms with Crippen LogP contribution in [0.4, 0.5) is 22.7 Å². The Labute approximate surface area is 162 Å². The lowest BCUT2D eigenvalue weighted by atomic mass is 9.95. The average Bonchev–Trinajstić information content (AvgIpc) is 3.07. The van der Waals surface area contributed by atoms with Crippen LogP contribution in [0.15, 0.2) is 65.2 Å². The van der Waals surface area contributed by atoms with E-state index in [9.17, 15) is 30.3 Å². The highest BCUT2D eigenvalue weighted by molar-refractivity contribution is 6.26. The van der Waals surface area contributed by atoms with Gasteiger partial charge in [-0.3, -0.25) is 30.3 Å². The maximum Gasteiger partial charge on any atom is 0.424 e. The van der Waals surface area contributed by atoms with Gasteiger partial charge in [-0.1, -0.05) is 36.4 Å². The monoisotopic (exact) mass is 390 g/mol. The molecule has 0 radical (unpaired) electrons. The van der Waals surface area contributed by atoms with Crippen molar-refractivity contribution in [3.63, 3.8) is 0 Å². The molecule has 2 aliphatic carbocycles. The zero-order chi connectivity index (χ0) is 20.7. The van der Waals surface area contributed by atoms with Crippen molar-refractivity contribution >= 4 is 40.1 Å². The zero-order valence-corrected chi connectivity index (χ0v) is 14.5. The predicted molar refractivity (Wildman–Crippen MR) is 105 cm³/mol. The molecule has 0 unspecified atom stereocenters. The van der Waals surface area contributed by atoms with Gasteiger partial charge in [0.15, 0.2) is 0 Å². The van der Waals surface area contributed by atoms with Gasteiger partial charge < -0.3 is 0 Å². The largest absolute Gasteiger partial charge is 0.424 e. The molecular formula is C19H10N4O6. The van der Waals surface area contributed by atoms with Gasteiger partial charge in [-0.15, -0.1) is 0 Å². The van der Waals surface area contributed by atoms with Crippen LogP contribution in [0.25, 0.3) is 11.6 Å². The van der Waals surface area contributed by atoms with Crippen molar-refractivity contribution in [3.05, 3.63) is 102 Å². The summed E-state index contributed by atoms with van der Waals surface area (Å²) in [5.74, 6) is 0. The van der Waals surface area contributed by atoms with Crippen molar-refractivity contribution in [2.75, 3.05) is 0 Å². The van der Waals surface area contributed by atoms with Crippen LogP contribution in [0.3, 0.4) is 0 Å². The van der Waals surface area contributed by atoms with Crippen LogP contribution >= 0.6 is 0 Å². The molecule has 0 spiro atoms. The van der Waals surface area contributed by atoms with E-state index in [4.69, 9.17) is 0 Å². The molecular weight excluding hydrogens is 380 g/mol. The number of rotatable bonds is 4. The summed E-state index contributed by atoms with van der Waals surface area (Å²) in [6, 6.07) is 9.51. The fourth-order valence-electron chi connectivity index (χ4n) is 3.35. The Balaban J connectivity index is 1.90. The molecule has 2 aromatic carbocycles. The van der Waals surface area contributed by atoms with Crippen molar-refractivity contribution in [1.82, 2.24) is 0 Å². The van der Waals surface area contributed by atoms with Gasteiger partial charge in [0, 0.05) is 11.6 Å². The van der Waals surface area contributed by atoms with Crippen molar-refractivity contribution < 1.29 is 14.8 Å². The summed E-state index contributed by atoms with van der Waals surface area (Å²) in [4.78, 5) is 35.0. The van der Waals surface area contributed by atoms with Gasteiger partial charge in [-0.05, 0) is 34.9 Å². The number of hydrogen-bond donors (Lipinski definition) is 0. The van der Waals surface area contributed by atoms with Gasteiger partial charge in [0.1, 0.15) is 5.69 Å². The second kappa shape index (κ2) is 6.60. The van der Waals surface area contributed by atoms with Gasteiger partial charge in [0.05, 0.1) is 20.5 Å². The molecule has 0 aromatic heterocycles. The highest BCUT2D eigenvalue weighted by Gasteiger charge is 2.39. The highest BCUT2D eigenvalue weighted by Crippen LogP contribution is 2.44. The van der Waals surface area contributed by atoms with Crippen LogP contribution in [-0.4, -0.2) is 20.5 Å². The molecule has 0 fully saturated rings. The molecule has 0 saturated heterocycles. The van der Waals surface area contributed by atoms with Gasteiger partial charge in [0.2, 0.25) is 0 Å². The van der Waals surface area contributed by atoms with E-state index in [1.807, 2.05) is 36.4 Å². The first-order valence-electron chi connectivity index (χ1n) is 8.27. The molecule has 2 aromatic rings. The van der Waals surface area contributed by atoms with E-state index in [1.54, 1.807) is 12.2 Å². The van der Waals surface area contributed by atoms with E-state index in [0.29, 0.717) is 11.3 Å². The lowest BCUT2D eigenvalue weighted by Gasteiger charge is -2.11. The topological polar surface area (TPSA) is 142 Å². The van der Waals surface area contributed by atoms with Gasteiger partial charge >= 0.3 is 17.1 Å². The van der Waals surface area contributed by atoms with Crippen LogP contribution in [0.1, 0.15) is 11.1 Å². The number of nitro groups is 3. The van der Waals surface area contributed by atoms with Crippen molar-refractivity contribution in [2.45, 2.75) is 0 Å². The molecule has 142 valence electrons. The quantitative estimate of drug-likeness (QED) is 0.554. The molecule has 0 N–H and O–H groups in total. The van der Waals surface area contributed by atoms with Crippen LogP contribution in [0, 0.1) is 30.3 Å². The molecule has 2 aliphatic rings. The number of fused-ring (bicyclic) bond motifs is 3. The van der Waals surface area contributed by atoms with E-state index < -0.39 is 31.8 Å². The lowest BCUT2D eigenvalue weighted by molar-refractivity contribution is -0.440. The third-order valence-electron chi connectivity index (χ3n) is 4.55. The Morgan fingerprint density at radius 2 is 1.52 bits per heavy atom. The maximum atomic E-state index is 11.5. The molecule has 4 rings (SSSR count). The SMILES string of the molecule is O=[N+]([O-])c1ccc(N=C2C=CC=C3C2=Cc2ccccc23)c([N+](=O)[O-])c1[N+](=O)[O-]. The summed E-state index contributed by atoms with van der Waals surface area (Å²) < 4.78 is 0. The highest BCUT2D eigenvalue weighted by atomic mass is 16.6. The van der Waals surface area contributed by atoms with Crippen LogP contribution in [0.5, 0.6) is 0 Å². The standard InChI is InChI=1S/C19H10N4O6/c24-21(25)17-9-8-16(18(22(26)27)19(17)23(28)29)20-15-7-3-6-13-12-5-2-1-4-11(12)10-14(13)15/h1-10H. The minimum Gasteiger partial charge on any atom is -0.258 e. The summed E-state index contributed by atoms with van der Waals surface area (Å²) in [6.45, 7) is 0. The van der Waals surface area contributed by atoms with Gasteiger partial charge in [-0.25, -0.2) is 4.99 Å². The maximum absolute atomic E-state index is 11.5. The second-order valence-corrected chi connectivity index (χ2v) is 6.15. The number of nitro benzene ring substituents is 3. The Morgan fingerprint density at radius 3 is 2.21 bits per heavy atom. The first-order chi connectivity index (χ1) is 13.9. The molecule has 10 nitrogen and oxygen atoms in total. The average molecular weight is 390 g/mol. The number of nitrogens with zero attached hydrogens (tertiary/aromatic N) is 4. The number of hydrogen-bond acceptors (Lipinski definition) is 7.